The second kappa shape index (κ2) is 6.35. The van der Waals surface area contributed by atoms with Gasteiger partial charge in [0, 0.05) is 18.7 Å². The van der Waals surface area contributed by atoms with E-state index in [2.05, 4.69) is 12.2 Å². The van der Waals surface area contributed by atoms with E-state index in [1.807, 2.05) is 6.07 Å². The van der Waals surface area contributed by atoms with Crippen LogP contribution in [0.3, 0.4) is 0 Å². The van der Waals surface area contributed by atoms with Crippen molar-refractivity contribution in [3.8, 4) is 0 Å². The standard InChI is InChI=1S/C14H19ClN2O2/c1-10-4-2-3-5-13(10)16-9-11-6-7-12(15)14(8-11)17(18)19/h6-8,10,13,16H,2-5,9H2,1H3. The first-order valence-corrected chi connectivity index (χ1v) is 7.12. The summed E-state index contributed by atoms with van der Waals surface area (Å²) in [6.45, 7) is 2.92. The average Bonchev–Trinajstić information content (AvgIpc) is 2.39. The highest BCUT2D eigenvalue weighted by atomic mass is 35.5. The normalized spacial score (nSPS) is 23.3. The fourth-order valence-corrected chi connectivity index (χ4v) is 2.86. The van der Waals surface area contributed by atoms with Crippen molar-refractivity contribution in [3.05, 3.63) is 38.9 Å². The molecule has 1 aromatic carbocycles. The van der Waals surface area contributed by atoms with Gasteiger partial charge in [-0.1, -0.05) is 37.4 Å². The van der Waals surface area contributed by atoms with Crippen LogP contribution in [0.4, 0.5) is 5.69 Å². The van der Waals surface area contributed by atoms with E-state index in [1.54, 1.807) is 12.1 Å². The highest BCUT2D eigenvalue weighted by Crippen LogP contribution is 2.26. The van der Waals surface area contributed by atoms with E-state index in [-0.39, 0.29) is 10.7 Å². The molecule has 1 aliphatic rings. The summed E-state index contributed by atoms with van der Waals surface area (Å²) in [4.78, 5) is 10.4. The van der Waals surface area contributed by atoms with Gasteiger partial charge < -0.3 is 5.32 Å². The summed E-state index contributed by atoms with van der Waals surface area (Å²) in [5.41, 5.74) is 0.895. The lowest BCUT2D eigenvalue weighted by molar-refractivity contribution is -0.384. The average molecular weight is 283 g/mol. The lowest BCUT2D eigenvalue weighted by Gasteiger charge is -2.29. The first kappa shape index (κ1) is 14.3. The van der Waals surface area contributed by atoms with Crippen molar-refractivity contribution >= 4 is 17.3 Å². The van der Waals surface area contributed by atoms with Gasteiger partial charge in [-0.25, -0.2) is 0 Å². The number of rotatable bonds is 4. The van der Waals surface area contributed by atoms with E-state index in [4.69, 9.17) is 11.6 Å². The maximum Gasteiger partial charge on any atom is 0.288 e. The first-order valence-electron chi connectivity index (χ1n) is 6.74. The summed E-state index contributed by atoms with van der Waals surface area (Å²) in [6, 6.07) is 5.52. The van der Waals surface area contributed by atoms with Crippen LogP contribution < -0.4 is 5.32 Å². The third-order valence-electron chi connectivity index (χ3n) is 3.89. The Hall–Kier alpha value is -1.13. The molecule has 0 amide bonds. The van der Waals surface area contributed by atoms with Crippen molar-refractivity contribution in [3.63, 3.8) is 0 Å². The van der Waals surface area contributed by atoms with Crippen molar-refractivity contribution in [2.45, 2.75) is 45.2 Å². The Kier molecular flexibility index (Phi) is 4.77. The van der Waals surface area contributed by atoms with E-state index >= 15 is 0 Å². The lowest BCUT2D eigenvalue weighted by Crippen LogP contribution is -2.36. The number of nitrogens with zero attached hydrogens (tertiary/aromatic N) is 1. The van der Waals surface area contributed by atoms with Gasteiger partial charge in [-0.05, 0) is 30.4 Å². The molecule has 0 aliphatic heterocycles. The Bertz CT molecular complexity index is 465. The molecule has 2 rings (SSSR count). The van der Waals surface area contributed by atoms with Gasteiger partial charge in [-0.2, -0.15) is 0 Å². The molecule has 19 heavy (non-hydrogen) atoms. The zero-order valence-corrected chi connectivity index (χ0v) is 11.8. The topological polar surface area (TPSA) is 55.2 Å². The summed E-state index contributed by atoms with van der Waals surface area (Å²) < 4.78 is 0. The highest BCUT2D eigenvalue weighted by Gasteiger charge is 2.21. The minimum Gasteiger partial charge on any atom is -0.310 e. The second-order valence-electron chi connectivity index (χ2n) is 5.29. The van der Waals surface area contributed by atoms with Gasteiger partial charge in [0.2, 0.25) is 0 Å². The zero-order chi connectivity index (χ0) is 13.8. The zero-order valence-electron chi connectivity index (χ0n) is 11.1. The van der Waals surface area contributed by atoms with Crippen LogP contribution in [-0.4, -0.2) is 11.0 Å². The molecular formula is C14H19ClN2O2. The quantitative estimate of drug-likeness (QED) is 0.673. The molecule has 1 N–H and O–H groups in total. The predicted molar refractivity (Wildman–Crippen MR) is 76.4 cm³/mol. The van der Waals surface area contributed by atoms with Crippen molar-refractivity contribution in [2.75, 3.05) is 0 Å². The van der Waals surface area contributed by atoms with Crippen LogP contribution >= 0.6 is 11.6 Å². The van der Waals surface area contributed by atoms with Crippen LogP contribution in [0.2, 0.25) is 5.02 Å². The van der Waals surface area contributed by atoms with Gasteiger partial charge in [0.1, 0.15) is 5.02 Å². The largest absolute Gasteiger partial charge is 0.310 e. The molecule has 0 bridgehead atoms. The molecule has 1 fully saturated rings. The van der Waals surface area contributed by atoms with Crippen LogP contribution in [-0.2, 0) is 6.54 Å². The maximum absolute atomic E-state index is 10.8. The Morgan fingerprint density at radius 3 is 2.84 bits per heavy atom. The van der Waals surface area contributed by atoms with Crippen LogP contribution in [0.1, 0.15) is 38.2 Å². The van der Waals surface area contributed by atoms with E-state index in [0.717, 1.165) is 5.56 Å². The minimum atomic E-state index is -0.435. The van der Waals surface area contributed by atoms with E-state index in [9.17, 15) is 10.1 Å². The molecule has 1 saturated carbocycles. The molecule has 1 aromatic rings. The molecule has 4 nitrogen and oxygen atoms in total. The first-order chi connectivity index (χ1) is 9.08. The number of halogens is 1. The van der Waals surface area contributed by atoms with Gasteiger partial charge in [0.15, 0.2) is 0 Å². The monoisotopic (exact) mass is 282 g/mol. The number of hydrogen-bond donors (Lipinski definition) is 1. The van der Waals surface area contributed by atoms with Gasteiger partial charge in [-0.15, -0.1) is 0 Å². The lowest BCUT2D eigenvalue weighted by atomic mass is 9.86. The number of nitrogens with one attached hydrogen (secondary N) is 1. The van der Waals surface area contributed by atoms with Crippen LogP contribution in [0, 0.1) is 16.0 Å². The van der Waals surface area contributed by atoms with Crippen LogP contribution in [0.5, 0.6) is 0 Å². The van der Waals surface area contributed by atoms with E-state index in [1.165, 1.54) is 25.7 Å². The fraction of sp³-hybridized carbons (Fsp3) is 0.571. The predicted octanol–water partition coefficient (Wildman–Crippen LogP) is 3.92. The number of benzene rings is 1. The molecule has 1 aliphatic carbocycles. The minimum absolute atomic E-state index is 0.0161. The third kappa shape index (κ3) is 3.67. The van der Waals surface area contributed by atoms with Gasteiger partial charge >= 0.3 is 0 Å². The van der Waals surface area contributed by atoms with E-state index < -0.39 is 4.92 Å². The summed E-state index contributed by atoms with van der Waals surface area (Å²) in [6.07, 6.45) is 5.03. The van der Waals surface area contributed by atoms with Crippen LogP contribution in [0.25, 0.3) is 0 Å². The number of hydrogen-bond acceptors (Lipinski definition) is 3. The molecule has 0 heterocycles. The maximum atomic E-state index is 10.8. The molecule has 0 aromatic heterocycles. The van der Waals surface area contributed by atoms with Crippen LogP contribution in [0.15, 0.2) is 18.2 Å². The van der Waals surface area contributed by atoms with Crippen molar-refractivity contribution in [2.24, 2.45) is 5.92 Å². The molecule has 0 saturated heterocycles. The van der Waals surface area contributed by atoms with Crippen molar-refractivity contribution < 1.29 is 4.92 Å². The molecule has 0 spiro atoms. The Morgan fingerprint density at radius 2 is 2.16 bits per heavy atom. The molecule has 2 unspecified atom stereocenters. The fourth-order valence-electron chi connectivity index (χ4n) is 2.68. The Morgan fingerprint density at radius 1 is 1.42 bits per heavy atom. The molecule has 2 atom stereocenters. The van der Waals surface area contributed by atoms with Crippen molar-refractivity contribution in [1.82, 2.24) is 5.32 Å². The molecular weight excluding hydrogens is 264 g/mol. The summed E-state index contributed by atoms with van der Waals surface area (Å²) >= 11 is 5.80. The van der Waals surface area contributed by atoms with Gasteiger partial charge in [-0.3, -0.25) is 10.1 Å². The van der Waals surface area contributed by atoms with Crippen molar-refractivity contribution in [1.29, 1.82) is 0 Å². The van der Waals surface area contributed by atoms with Gasteiger partial charge in [0.05, 0.1) is 4.92 Å². The Balaban J connectivity index is 1.99. The molecule has 5 heteroatoms. The smallest absolute Gasteiger partial charge is 0.288 e. The van der Waals surface area contributed by atoms with Gasteiger partial charge in [0.25, 0.3) is 5.69 Å². The molecule has 0 radical (unpaired) electrons. The number of nitro groups is 1. The third-order valence-corrected chi connectivity index (χ3v) is 4.21. The summed E-state index contributed by atoms with van der Waals surface area (Å²) in [5.74, 6) is 0.677. The summed E-state index contributed by atoms with van der Waals surface area (Å²) in [5, 5.41) is 14.5. The molecule has 104 valence electrons. The highest BCUT2D eigenvalue weighted by molar-refractivity contribution is 6.32. The SMILES string of the molecule is CC1CCCCC1NCc1ccc(Cl)c([N+](=O)[O-])c1. The summed E-state index contributed by atoms with van der Waals surface area (Å²) in [7, 11) is 0. The number of nitro benzene ring substituents is 1. The second-order valence-corrected chi connectivity index (χ2v) is 5.70. The van der Waals surface area contributed by atoms with E-state index in [0.29, 0.717) is 18.5 Å². The Labute approximate surface area is 118 Å².